The van der Waals surface area contributed by atoms with Crippen molar-refractivity contribution in [3.63, 3.8) is 0 Å². The van der Waals surface area contributed by atoms with Gasteiger partial charge in [-0.25, -0.2) is 18.4 Å². The van der Waals surface area contributed by atoms with Gasteiger partial charge in [0.05, 0.1) is 11.1 Å². The Morgan fingerprint density at radius 2 is 1.83 bits per heavy atom. The van der Waals surface area contributed by atoms with Gasteiger partial charge >= 0.3 is 0 Å². The summed E-state index contributed by atoms with van der Waals surface area (Å²) in [6.45, 7) is 1.42. The number of ketones is 1. The number of hydrogen-bond acceptors (Lipinski definition) is 8. The molecule has 1 aliphatic heterocycles. The van der Waals surface area contributed by atoms with Gasteiger partial charge in [0.2, 0.25) is 0 Å². The molecule has 0 unspecified atom stereocenters. The number of benzene rings is 2. The van der Waals surface area contributed by atoms with Crippen LogP contribution in [0.25, 0.3) is 0 Å². The normalized spacial score (nSPS) is 15.9. The first-order chi connectivity index (χ1) is 17.2. The molecule has 1 fully saturated rings. The van der Waals surface area contributed by atoms with Crippen LogP contribution < -0.4 is 16.0 Å². The number of primary amides is 1. The molecule has 0 aliphatic carbocycles. The molecule has 4 rings (SSSR count). The second kappa shape index (κ2) is 10.9. The molecule has 0 saturated carbocycles. The molecule has 9 nitrogen and oxygen atoms in total. The summed E-state index contributed by atoms with van der Waals surface area (Å²) in [7, 11) is -3.33. The number of amides is 1. The third-order valence-electron chi connectivity index (χ3n) is 6.14. The van der Waals surface area contributed by atoms with E-state index in [1.54, 1.807) is 12.1 Å². The number of carbonyl (C=O) groups is 2. The van der Waals surface area contributed by atoms with E-state index in [1.807, 2.05) is 30.3 Å². The summed E-state index contributed by atoms with van der Waals surface area (Å²) < 4.78 is 23.4. The number of anilines is 3. The van der Waals surface area contributed by atoms with Crippen molar-refractivity contribution < 1.29 is 18.0 Å². The van der Waals surface area contributed by atoms with E-state index in [9.17, 15) is 18.0 Å². The number of nitrogens with two attached hydrogens (primary N) is 1. The Balaban J connectivity index is 1.48. The number of aromatic nitrogens is 2. The molecule has 0 radical (unpaired) electrons. The van der Waals surface area contributed by atoms with Crippen LogP contribution in [0.3, 0.4) is 0 Å². The first kappa shape index (κ1) is 25.3. The number of nitrogens with zero attached hydrogens (tertiary/aromatic N) is 3. The second-order valence-electron chi connectivity index (χ2n) is 9.07. The number of hydrogen-bond donors (Lipinski definition) is 2. The monoisotopic (exact) mass is 507 g/mol. The molecular weight excluding hydrogens is 478 g/mol. The molecule has 1 atom stereocenters. The fourth-order valence-electron chi connectivity index (χ4n) is 4.38. The van der Waals surface area contributed by atoms with Crippen LogP contribution in [0.1, 0.15) is 35.3 Å². The molecule has 0 spiro atoms. The van der Waals surface area contributed by atoms with Gasteiger partial charge in [0.15, 0.2) is 21.3 Å². The van der Waals surface area contributed by atoms with E-state index < -0.39 is 15.7 Å². The molecular formula is C26H29N5O4S. The maximum atomic E-state index is 12.6. The predicted molar refractivity (Wildman–Crippen MR) is 138 cm³/mol. The maximum absolute atomic E-state index is 12.6. The van der Waals surface area contributed by atoms with Crippen molar-refractivity contribution in [1.82, 2.24) is 9.97 Å². The predicted octanol–water partition coefficient (Wildman–Crippen LogP) is 3.14. The molecule has 188 valence electrons. The summed E-state index contributed by atoms with van der Waals surface area (Å²) in [4.78, 5) is 35.7. The van der Waals surface area contributed by atoms with E-state index in [-0.39, 0.29) is 28.1 Å². The molecule has 3 N–H and O–H groups in total. The summed E-state index contributed by atoms with van der Waals surface area (Å²) >= 11 is 0. The van der Waals surface area contributed by atoms with Crippen LogP contribution in [0.2, 0.25) is 0 Å². The SMILES string of the molecule is CS(=O)(=O)c1ccc(Nc2nc(N3CCC[C@@H](CC(=O)Cc4ccccc4)C3)cnc2C(N)=O)cc1. The molecule has 1 saturated heterocycles. The van der Waals surface area contributed by atoms with Crippen LogP contribution in [0.5, 0.6) is 0 Å². The van der Waals surface area contributed by atoms with Gasteiger partial charge in [0, 0.05) is 37.9 Å². The zero-order chi connectivity index (χ0) is 25.7. The standard InChI is InChI=1S/C26H29N5O4S/c1-36(34,35)22-11-9-20(10-12-22)29-26-24(25(27)33)28-16-23(30-26)31-13-5-8-19(17-31)15-21(32)14-18-6-3-2-4-7-18/h2-4,6-7,9-12,16,19H,5,8,13-15,17H2,1H3,(H2,27,33)(H,29,30)/t19-/m0/s1. The zero-order valence-corrected chi connectivity index (χ0v) is 20.9. The van der Waals surface area contributed by atoms with Crippen molar-refractivity contribution in [2.75, 3.05) is 29.6 Å². The Hall–Kier alpha value is -3.79. The number of piperidine rings is 1. The minimum absolute atomic E-state index is 0.0162. The minimum Gasteiger partial charge on any atom is -0.364 e. The van der Waals surface area contributed by atoms with Crippen molar-refractivity contribution in [3.8, 4) is 0 Å². The number of rotatable bonds is 9. The fraction of sp³-hybridized carbons (Fsp3) is 0.308. The van der Waals surface area contributed by atoms with Gasteiger partial charge in [0.1, 0.15) is 11.6 Å². The molecule has 1 aromatic heterocycles. The van der Waals surface area contributed by atoms with Gasteiger partial charge in [-0.2, -0.15) is 0 Å². The average molecular weight is 508 g/mol. The van der Waals surface area contributed by atoms with E-state index in [0.29, 0.717) is 30.9 Å². The Bertz CT molecular complexity index is 1340. The highest BCUT2D eigenvalue weighted by Gasteiger charge is 2.25. The van der Waals surface area contributed by atoms with Gasteiger partial charge in [-0.3, -0.25) is 9.59 Å². The number of nitrogens with one attached hydrogen (secondary N) is 1. The zero-order valence-electron chi connectivity index (χ0n) is 20.1. The van der Waals surface area contributed by atoms with Crippen LogP contribution in [0.4, 0.5) is 17.3 Å². The number of carbonyl (C=O) groups excluding carboxylic acids is 2. The largest absolute Gasteiger partial charge is 0.364 e. The van der Waals surface area contributed by atoms with Gasteiger partial charge < -0.3 is 16.0 Å². The molecule has 10 heteroatoms. The first-order valence-electron chi connectivity index (χ1n) is 11.7. The van der Waals surface area contributed by atoms with Crippen molar-refractivity contribution in [2.45, 2.75) is 30.6 Å². The van der Waals surface area contributed by atoms with Gasteiger partial charge in [-0.15, -0.1) is 0 Å². The summed E-state index contributed by atoms with van der Waals surface area (Å²) in [6, 6.07) is 15.9. The van der Waals surface area contributed by atoms with Crippen molar-refractivity contribution >= 4 is 38.9 Å². The highest BCUT2D eigenvalue weighted by atomic mass is 32.2. The molecule has 2 heterocycles. The first-order valence-corrected chi connectivity index (χ1v) is 13.6. The molecule has 1 amide bonds. The van der Waals surface area contributed by atoms with Crippen molar-refractivity contribution in [3.05, 3.63) is 72.1 Å². The van der Waals surface area contributed by atoms with Crippen LogP contribution in [0.15, 0.2) is 65.7 Å². The lowest BCUT2D eigenvalue weighted by molar-refractivity contribution is -0.119. The smallest absolute Gasteiger partial charge is 0.271 e. The van der Waals surface area contributed by atoms with Gasteiger partial charge in [0.25, 0.3) is 5.91 Å². The lowest BCUT2D eigenvalue weighted by atomic mass is 9.91. The highest BCUT2D eigenvalue weighted by molar-refractivity contribution is 7.90. The maximum Gasteiger partial charge on any atom is 0.271 e. The van der Waals surface area contributed by atoms with E-state index in [2.05, 4.69) is 20.2 Å². The third kappa shape index (κ3) is 6.45. The van der Waals surface area contributed by atoms with Crippen LogP contribution in [0, 0.1) is 5.92 Å². The Kier molecular flexibility index (Phi) is 7.64. The lowest BCUT2D eigenvalue weighted by Crippen LogP contribution is -2.37. The molecule has 1 aliphatic rings. The molecule has 3 aromatic rings. The van der Waals surface area contributed by atoms with Crippen LogP contribution in [-0.2, 0) is 21.1 Å². The molecule has 0 bridgehead atoms. The van der Waals surface area contributed by atoms with Gasteiger partial charge in [-0.05, 0) is 48.6 Å². The van der Waals surface area contributed by atoms with E-state index in [1.165, 1.54) is 18.3 Å². The molecule has 2 aromatic carbocycles. The summed E-state index contributed by atoms with van der Waals surface area (Å²) in [5.41, 5.74) is 7.05. The number of sulfone groups is 1. The second-order valence-corrected chi connectivity index (χ2v) is 11.1. The quantitative estimate of drug-likeness (QED) is 0.451. The van der Waals surface area contributed by atoms with E-state index >= 15 is 0 Å². The van der Waals surface area contributed by atoms with Crippen LogP contribution >= 0.6 is 0 Å². The average Bonchev–Trinajstić information content (AvgIpc) is 2.84. The lowest BCUT2D eigenvalue weighted by Gasteiger charge is -2.33. The summed E-state index contributed by atoms with van der Waals surface area (Å²) in [6.07, 6.45) is 5.45. The third-order valence-corrected chi connectivity index (χ3v) is 7.27. The highest BCUT2D eigenvalue weighted by Crippen LogP contribution is 2.27. The summed E-state index contributed by atoms with van der Waals surface area (Å²) in [5.74, 6) is 0.452. The Morgan fingerprint density at radius 1 is 1.11 bits per heavy atom. The Morgan fingerprint density at radius 3 is 2.50 bits per heavy atom. The topological polar surface area (TPSA) is 135 Å². The van der Waals surface area contributed by atoms with Crippen molar-refractivity contribution in [2.24, 2.45) is 11.7 Å². The van der Waals surface area contributed by atoms with E-state index in [4.69, 9.17) is 5.73 Å². The molecule has 36 heavy (non-hydrogen) atoms. The van der Waals surface area contributed by atoms with Gasteiger partial charge in [-0.1, -0.05) is 30.3 Å². The Labute approximate surface area is 210 Å². The fourth-order valence-corrected chi connectivity index (χ4v) is 5.01. The number of Topliss-reactive ketones (excluding diaryl/α,β-unsaturated/α-hetero) is 1. The summed E-state index contributed by atoms with van der Waals surface area (Å²) in [5, 5.41) is 3.03. The van der Waals surface area contributed by atoms with Crippen molar-refractivity contribution in [1.29, 1.82) is 0 Å². The van der Waals surface area contributed by atoms with E-state index in [0.717, 1.165) is 31.2 Å². The minimum atomic E-state index is -3.33. The van der Waals surface area contributed by atoms with Crippen LogP contribution in [-0.4, -0.2) is 49.4 Å².